The Morgan fingerprint density at radius 3 is 2.41 bits per heavy atom. The third kappa shape index (κ3) is 3.61. The van der Waals surface area contributed by atoms with Gasteiger partial charge in [0.15, 0.2) is 6.34 Å². The van der Waals surface area contributed by atoms with Crippen LogP contribution in [0.2, 0.25) is 0 Å². The molecular formula is C10H13ClN6. The van der Waals surface area contributed by atoms with Crippen molar-refractivity contribution in [2.45, 2.75) is 0 Å². The van der Waals surface area contributed by atoms with E-state index >= 15 is 0 Å². The number of hydrogen-bond acceptors (Lipinski definition) is 5. The van der Waals surface area contributed by atoms with Crippen molar-refractivity contribution < 1.29 is 17.5 Å². The van der Waals surface area contributed by atoms with E-state index < -0.39 is 0 Å². The lowest BCUT2D eigenvalue weighted by Crippen LogP contribution is -3.00. The van der Waals surface area contributed by atoms with Crippen LogP contribution in [0.5, 0.6) is 0 Å². The third-order valence-corrected chi connectivity index (χ3v) is 2.08. The fraction of sp³-hybridized carbons (Fsp3) is 0.200. The molecule has 1 aromatic carbocycles. The van der Waals surface area contributed by atoms with Gasteiger partial charge in [0.2, 0.25) is 6.34 Å². The van der Waals surface area contributed by atoms with Gasteiger partial charge in [-0.3, -0.25) is 0 Å². The van der Waals surface area contributed by atoms with E-state index in [1.807, 2.05) is 43.3 Å². The van der Waals surface area contributed by atoms with Crippen LogP contribution < -0.4 is 22.4 Å². The van der Waals surface area contributed by atoms with Gasteiger partial charge in [0, 0.05) is 19.8 Å². The van der Waals surface area contributed by atoms with Gasteiger partial charge in [-0.15, -0.1) is 0 Å². The average Bonchev–Trinajstić information content (AvgIpc) is 2.80. The van der Waals surface area contributed by atoms with Crippen molar-refractivity contribution in [3.63, 3.8) is 0 Å². The summed E-state index contributed by atoms with van der Waals surface area (Å²) in [5.74, 6) is 0. The Hall–Kier alpha value is -1.79. The van der Waals surface area contributed by atoms with Crippen LogP contribution in [-0.2, 0) is 0 Å². The molecule has 17 heavy (non-hydrogen) atoms. The molecule has 0 saturated heterocycles. The van der Waals surface area contributed by atoms with E-state index in [1.165, 1.54) is 6.34 Å². The quantitative estimate of drug-likeness (QED) is 0.601. The van der Waals surface area contributed by atoms with Gasteiger partial charge in [-0.2, -0.15) is 4.99 Å². The lowest BCUT2D eigenvalue weighted by atomic mass is 10.3. The van der Waals surface area contributed by atoms with Crippen molar-refractivity contribution >= 4 is 24.1 Å². The number of aliphatic imine (C=N–C) groups is 1. The predicted octanol–water partition coefficient (Wildman–Crippen LogP) is -2.37. The van der Waals surface area contributed by atoms with Crippen LogP contribution in [0.25, 0.3) is 0 Å². The Bertz CT molecular complexity index is 425. The van der Waals surface area contributed by atoms with E-state index in [1.54, 1.807) is 6.34 Å². The summed E-state index contributed by atoms with van der Waals surface area (Å²) in [6, 6.07) is 7.81. The van der Waals surface area contributed by atoms with Crippen LogP contribution in [0.3, 0.4) is 0 Å². The standard InChI is InChI=1S/C10H12N6.ClH/c1-15(2)10-5-3-9(4-6-10)13-14-16-8-11-7-12-16;/h3-8H,1-2H3;1H. The first kappa shape index (κ1) is 13.3. The Kier molecular flexibility index (Phi) is 4.74. The zero-order valence-electron chi connectivity index (χ0n) is 9.58. The second-order valence-corrected chi connectivity index (χ2v) is 3.49. The molecule has 0 radical (unpaired) electrons. The molecule has 7 heteroatoms. The van der Waals surface area contributed by atoms with Crippen LogP contribution >= 0.6 is 0 Å². The highest BCUT2D eigenvalue weighted by atomic mass is 35.5. The second-order valence-electron chi connectivity index (χ2n) is 3.49. The first-order valence-corrected chi connectivity index (χ1v) is 4.87. The largest absolute Gasteiger partial charge is 1.00 e. The summed E-state index contributed by atoms with van der Waals surface area (Å²) in [5.41, 5.74) is 1.93. The predicted molar refractivity (Wildman–Crippen MR) is 63.2 cm³/mol. The minimum Gasteiger partial charge on any atom is -1.00 e. The zero-order valence-corrected chi connectivity index (χ0v) is 10.3. The highest BCUT2D eigenvalue weighted by molar-refractivity contribution is 5.69. The van der Waals surface area contributed by atoms with Crippen LogP contribution in [0.1, 0.15) is 0 Å². The van der Waals surface area contributed by atoms with E-state index in [-0.39, 0.29) is 12.4 Å². The second kappa shape index (κ2) is 6.07. The average molecular weight is 253 g/mol. The minimum absolute atomic E-state index is 0. The van der Waals surface area contributed by atoms with E-state index in [9.17, 15) is 0 Å². The van der Waals surface area contributed by atoms with Crippen molar-refractivity contribution in [1.82, 2.24) is 0 Å². The molecule has 0 fully saturated rings. The number of anilines is 1. The number of benzene rings is 1. The maximum absolute atomic E-state index is 4.05. The summed E-state index contributed by atoms with van der Waals surface area (Å²) in [6.07, 6.45) is 3.02. The molecule has 1 aliphatic rings. The summed E-state index contributed by atoms with van der Waals surface area (Å²) in [7, 11) is 3.99. The van der Waals surface area contributed by atoms with Gasteiger partial charge in [0.1, 0.15) is 0 Å². The Morgan fingerprint density at radius 2 is 1.88 bits per heavy atom. The van der Waals surface area contributed by atoms with Crippen LogP contribution in [-0.4, -0.2) is 26.8 Å². The highest BCUT2D eigenvalue weighted by Gasteiger charge is 2.04. The molecule has 6 nitrogen and oxygen atoms in total. The van der Waals surface area contributed by atoms with Gasteiger partial charge in [0.25, 0.3) is 0 Å². The monoisotopic (exact) mass is 252 g/mol. The molecule has 1 aliphatic heterocycles. The SMILES string of the molecule is CN(C)c1ccc(N=N[NH+]2C=NC=N2)cc1.[Cl-]. The molecule has 2 rings (SSSR count). The number of nitrogens with one attached hydrogen (secondary N) is 1. The van der Waals surface area contributed by atoms with E-state index in [2.05, 4.69) is 20.4 Å². The fourth-order valence-corrected chi connectivity index (χ4v) is 1.20. The maximum Gasteiger partial charge on any atom is 0.245 e. The van der Waals surface area contributed by atoms with Gasteiger partial charge >= 0.3 is 0 Å². The van der Waals surface area contributed by atoms with E-state index in [4.69, 9.17) is 0 Å². The molecule has 1 N–H and O–H groups in total. The number of quaternary nitrogens is 1. The number of hydrogen-bond donors (Lipinski definition) is 1. The summed E-state index contributed by atoms with van der Waals surface area (Å²) in [4.78, 5) is 5.83. The molecular weight excluding hydrogens is 240 g/mol. The molecule has 0 spiro atoms. The van der Waals surface area contributed by atoms with Gasteiger partial charge in [0.05, 0.1) is 10.9 Å². The summed E-state index contributed by atoms with van der Waals surface area (Å²) >= 11 is 0. The van der Waals surface area contributed by atoms with Crippen molar-refractivity contribution in [1.29, 1.82) is 0 Å². The summed E-state index contributed by atoms with van der Waals surface area (Å²) < 4.78 is 0. The molecule has 1 unspecified atom stereocenters. The summed E-state index contributed by atoms with van der Waals surface area (Å²) in [6.45, 7) is 0. The lowest BCUT2D eigenvalue weighted by Gasteiger charge is -2.11. The van der Waals surface area contributed by atoms with Crippen LogP contribution in [0.15, 0.2) is 44.7 Å². The Morgan fingerprint density at radius 1 is 1.18 bits per heavy atom. The third-order valence-electron chi connectivity index (χ3n) is 2.08. The first-order chi connectivity index (χ1) is 7.75. The first-order valence-electron chi connectivity index (χ1n) is 4.87. The van der Waals surface area contributed by atoms with Crippen molar-refractivity contribution in [2.24, 2.45) is 20.4 Å². The van der Waals surface area contributed by atoms with Crippen LogP contribution in [0, 0.1) is 0 Å². The molecule has 90 valence electrons. The van der Waals surface area contributed by atoms with Gasteiger partial charge in [-0.05, 0) is 34.5 Å². The van der Waals surface area contributed by atoms with E-state index in [0.717, 1.165) is 11.4 Å². The number of halogens is 1. The topological polar surface area (TPSA) is 57.1 Å². The molecule has 0 bridgehead atoms. The Labute approximate surface area is 106 Å². The van der Waals surface area contributed by atoms with Crippen molar-refractivity contribution in [3.8, 4) is 0 Å². The molecule has 0 saturated carbocycles. The van der Waals surface area contributed by atoms with Gasteiger partial charge in [-0.25, -0.2) is 0 Å². The molecule has 0 aromatic heterocycles. The summed E-state index contributed by atoms with van der Waals surface area (Å²) in [5, 5.41) is 12.4. The highest BCUT2D eigenvalue weighted by Crippen LogP contribution is 2.17. The number of rotatable bonds is 3. The van der Waals surface area contributed by atoms with Crippen molar-refractivity contribution in [2.75, 3.05) is 19.0 Å². The molecule has 1 aromatic rings. The fourth-order valence-electron chi connectivity index (χ4n) is 1.20. The number of nitrogens with zero attached hydrogens (tertiary/aromatic N) is 5. The van der Waals surface area contributed by atoms with Crippen LogP contribution in [0.4, 0.5) is 11.4 Å². The molecule has 0 amide bonds. The van der Waals surface area contributed by atoms with Crippen molar-refractivity contribution in [3.05, 3.63) is 24.3 Å². The smallest absolute Gasteiger partial charge is 0.245 e. The molecule has 1 atom stereocenters. The molecule has 0 aliphatic carbocycles. The normalized spacial score (nSPS) is 17.4. The maximum atomic E-state index is 4.05. The van der Waals surface area contributed by atoms with Gasteiger partial charge < -0.3 is 17.3 Å². The Balaban J connectivity index is 0.00000144. The lowest BCUT2D eigenvalue weighted by molar-refractivity contribution is -0.815. The van der Waals surface area contributed by atoms with Gasteiger partial charge in [-0.1, -0.05) is 5.11 Å². The molecule has 1 heterocycles. The zero-order chi connectivity index (χ0) is 11.4. The minimum atomic E-state index is 0. The van der Waals surface area contributed by atoms with E-state index in [0.29, 0.717) is 5.12 Å².